The standard InChI is InChI=1S/C14H18BrNO3/c1-2-18-13(17)3-5-16-9-11-8-12(15)7-10-4-6-19-14(10)11/h7-8,16H,2-6,9H2,1H3. The number of esters is 1. The van der Waals surface area contributed by atoms with E-state index in [0.717, 1.165) is 28.8 Å². The minimum absolute atomic E-state index is 0.161. The lowest BCUT2D eigenvalue weighted by atomic mass is 10.1. The molecular weight excluding hydrogens is 310 g/mol. The van der Waals surface area contributed by atoms with E-state index in [1.165, 1.54) is 5.56 Å². The molecule has 0 amide bonds. The highest BCUT2D eigenvalue weighted by Crippen LogP contribution is 2.32. The first-order valence-electron chi connectivity index (χ1n) is 6.51. The van der Waals surface area contributed by atoms with Gasteiger partial charge in [0.25, 0.3) is 0 Å². The van der Waals surface area contributed by atoms with Gasteiger partial charge in [-0.1, -0.05) is 15.9 Å². The maximum atomic E-state index is 11.2. The number of carbonyl (C=O) groups is 1. The summed E-state index contributed by atoms with van der Waals surface area (Å²) in [4.78, 5) is 11.2. The zero-order valence-electron chi connectivity index (χ0n) is 11.0. The monoisotopic (exact) mass is 327 g/mol. The van der Waals surface area contributed by atoms with Gasteiger partial charge in [-0.05, 0) is 24.6 Å². The largest absolute Gasteiger partial charge is 0.493 e. The van der Waals surface area contributed by atoms with E-state index in [-0.39, 0.29) is 5.97 Å². The normalized spacial score (nSPS) is 12.9. The number of hydrogen-bond donors (Lipinski definition) is 1. The van der Waals surface area contributed by atoms with Crippen molar-refractivity contribution in [3.8, 4) is 5.75 Å². The Labute approximate surface area is 121 Å². The molecule has 2 rings (SSSR count). The van der Waals surface area contributed by atoms with Gasteiger partial charge in [0.05, 0.1) is 19.6 Å². The smallest absolute Gasteiger partial charge is 0.307 e. The van der Waals surface area contributed by atoms with Gasteiger partial charge in [0.1, 0.15) is 5.75 Å². The molecule has 0 bridgehead atoms. The molecule has 0 atom stereocenters. The first kappa shape index (κ1) is 14.3. The Hall–Kier alpha value is -1.07. The van der Waals surface area contributed by atoms with Crippen LogP contribution in [-0.4, -0.2) is 25.7 Å². The van der Waals surface area contributed by atoms with Crippen LogP contribution in [0.4, 0.5) is 0 Å². The molecule has 0 aliphatic carbocycles. The summed E-state index contributed by atoms with van der Waals surface area (Å²) in [5.41, 5.74) is 2.38. The number of halogens is 1. The highest BCUT2D eigenvalue weighted by atomic mass is 79.9. The number of carbonyl (C=O) groups excluding carboxylic acids is 1. The average Bonchev–Trinajstić information content (AvgIpc) is 2.82. The quantitative estimate of drug-likeness (QED) is 0.644. The van der Waals surface area contributed by atoms with Crippen molar-refractivity contribution in [2.45, 2.75) is 26.3 Å². The third-order valence-corrected chi connectivity index (χ3v) is 3.41. The van der Waals surface area contributed by atoms with Crippen LogP contribution in [0.2, 0.25) is 0 Å². The summed E-state index contributed by atoms with van der Waals surface area (Å²) in [6, 6.07) is 4.16. The Balaban J connectivity index is 1.85. The molecular formula is C14H18BrNO3. The molecule has 4 nitrogen and oxygen atoms in total. The zero-order valence-corrected chi connectivity index (χ0v) is 12.6. The molecule has 5 heteroatoms. The molecule has 0 saturated carbocycles. The molecule has 0 fully saturated rings. The third kappa shape index (κ3) is 3.94. The van der Waals surface area contributed by atoms with Crippen molar-refractivity contribution < 1.29 is 14.3 Å². The number of nitrogens with one attached hydrogen (secondary N) is 1. The summed E-state index contributed by atoms with van der Waals surface area (Å²) >= 11 is 3.51. The molecule has 1 aliphatic rings. The van der Waals surface area contributed by atoms with Crippen LogP contribution in [0.25, 0.3) is 0 Å². The molecule has 0 saturated heterocycles. The molecule has 19 heavy (non-hydrogen) atoms. The Morgan fingerprint density at radius 2 is 2.37 bits per heavy atom. The fourth-order valence-electron chi connectivity index (χ4n) is 2.12. The van der Waals surface area contributed by atoms with Crippen molar-refractivity contribution in [1.82, 2.24) is 5.32 Å². The van der Waals surface area contributed by atoms with Gasteiger partial charge in [0.2, 0.25) is 0 Å². The van der Waals surface area contributed by atoms with E-state index in [9.17, 15) is 4.79 Å². The van der Waals surface area contributed by atoms with Gasteiger partial charge in [-0.2, -0.15) is 0 Å². The fraction of sp³-hybridized carbons (Fsp3) is 0.500. The lowest BCUT2D eigenvalue weighted by Gasteiger charge is -2.10. The van der Waals surface area contributed by atoms with Crippen molar-refractivity contribution in [1.29, 1.82) is 0 Å². The van der Waals surface area contributed by atoms with E-state index in [4.69, 9.17) is 9.47 Å². The van der Waals surface area contributed by atoms with Crippen LogP contribution in [-0.2, 0) is 22.5 Å². The van der Waals surface area contributed by atoms with E-state index in [1.54, 1.807) is 0 Å². The van der Waals surface area contributed by atoms with Crippen LogP contribution >= 0.6 is 15.9 Å². The number of rotatable bonds is 6. The molecule has 0 spiro atoms. The molecule has 1 aliphatic heterocycles. The predicted octanol–water partition coefficient (Wildman–Crippen LogP) is 2.43. The lowest BCUT2D eigenvalue weighted by molar-refractivity contribution is -0.142. The summed E-state index contributed by atoms with van der Waals surface area (Å²) in [5, 5.41) is 3.25. The van der Waals surface area contributed by atoms with Gasteiger partial charge in [-0.15, -0.1) is 0 Å². The Bertz CT molecular complexity index is 462. The molecule has 1 aromatic carbocycles. The highest BCUT2D eigenvalue weighted by Gasteiger charge is 2.17. The van der Waals surface area contributed by atoms with Crippen LogP contribution in [0.5, 0.6) is 5.75 Å². The van der Waals surface area contributed by atoms with E-state index < -0.39 is 0 Å². The molecule has 1 aromatic rings. The van der Waals surface area contributed by atoms with Crippen LogP contribution in [0, 0.1) is 0 Å². The van der Waals surface area contributed by atoms with Crippen LogP contribution in [0.3, 0.4) is 0 Å². The minimum Gasteiger partial charge on any atom is -0.493 e. The Morgan fingerprint density at radius 3 is 3.16 bits per heavy atom. The predicted molar refractivity (Wildman–Crippen MR) is 76.3 cm³/mol. The average molecular weight is 328 g/mol. The van der Waals surface area contributed by atoms with E-state index in [2.05, 4.69) is 33.4 Å². The molecule has 1 heterocycles. The molecule has 104 valence electrons. The SMILES string of the molecule is CCOC(=O)CCNCc1cc(Br)cc2c1OCC2. The first-order valence-corrected chi connectivity index (χ1v) is 7.30. The topological polar surface area (TPSA) is 47.6 Å². The zero-order chi connectivity index (χ0) is 13.7. The van der Waals surface area contributed by atoms with Gasteiger partial charge in [-0.3, -0.25) is 4.79 Å². The fourth-order valence-corrected chi connectivity index (χ4v) is 2.68. The van der Waals surface area contributed by atoms with Crippen molar-refractivity contribution in [2.24, 2.45) is 0 Å². The van der Waals surface area contributed by atoms with Crippen LogP contribution < -0.4 is 10.1 Å². The van der Waals surface area contributed by atoms with E-state index in [1.807, 2.05) is 6.92 Å². The second-order valence-electron chi connectivity index (χ2n) is 4.38. The van der Waals surface area contributed by atoms with Crippen molar-refractivity contribution in [3.05, 3.63) is 27.7 Å². The van der Waals surface area contributed by atoms with Gasteiger partial charge in [0.15, 0.2) is 0 Å². The number of ether oxygens (including phenoxy) is 2. The lowest BCUT2D eigenvalue weighted by Crippen LogP contribution is -2.19. The summed E-state index contributed by atoms with van der Waals surface area (Å²) in [5.74, 6) is 0.831. The Morgan fingerprint density at radius 1 is 1.53 bits per heavy atom. The van der Waals surface area contributed by atoms with Crippen molar-refractivity contribution >= 4 is 21.9 Å². The van der Waals surface area contributed by atoms with Crippen LogP contribution in [0.1, 0.15) is 24.5 Å². The molecule has 0 radical (unpaired) electrons. The van der Waals surface area contributed by atoms with Gasteiger partial charge in [-0.25, -0.2) is 0 Å². The first-order chi connectivity index (χ1) is 9.20. The van der Waals surface area contributed by atoms with Crippen LogP contribution in [0.15, 0.2) is 16.6 Å². The third-order valence-electron chi connectivity index (χ3n) is 2.95. The Kier molecular flexibility index (Phi) is 5.22. The van der Waals surface area contributed by atoms with E-state index in [0.29, 0.717) is 26.1 Å². The number of benzene rings is 1. The van der Waals surface area contributed by atoms with Gasteiger partial charge >= 0.3 is 5.97 Å². The molecule has 1 N–H and O–H groups in total. The molecule has 0 unspecified atom stereocenters. The summed E-state index contributed by atoms with van der Waals surface area (Å²) in [6.07, 6.45) is 1.36. The highest BCUT2D eigenvalue weighted by molar-refractivity contribution is 9.10. The summed E-state index contributed by atoms with van der Waals surface area (Å²) in [6.45, 7) is 4.31. The summed E-state index contributed by atoms with van der Waals surface area (Å²) < 4.78 is 11.6. The number of hydrogen-bond acceptors (Lipinski definition) is 4. The van der Waals surface area contributed by atoms with Gasteiger partial charge in [0, 0.05) is 29.5 Å². The summed E-state index contributed by atoms with van der Waals surface area (Å²) in [7, 11) is 0. The number of fused-ring (bicyclic) bond motifs is 1. The maximum Gasteiger partial charge on any atom is 0.307 e. The van der Waals surface area contributed by atoms with Gasteiger partial charge < -0.3 is 14.8 Å². The van der Waals surface area contributed by atoms with Crippen molar-refractivity contribution in [3.63, 3.8) is 0 Å². The second-order valence-corrected chi connectivity index (χ2v) is 5.30. The van der Waals surface area contributed by atoms with E-state index >= 15 is 0 Å². The van der Waals surface area contributed by atoms with Crippen molar-refractivity contribution in [2.75, 3.05) is 19.8 Å². The molecule has 0 aromatic heterocycles. The maximum absolute atomic E-state index is 11.2. The minimum atomic E-state index is -0.161. The second kappa shape index (κ2) is 6.91.